The molecule has 4 N–H and O–H groups in total. The number of aromatic amines is 1. The average Bonchev–Trinajstić information content (AvgIpc) is 3.27. The monoisotopic (exact) mass is 384 g/mol. The van der Waals surface area contributed by atoms with Gasteiger partial charge in [0.25, 0.3) is 5.91 Å². The van der Waals surface area contributed by atoms with Crippen LogP contribution in [0.2, 0.25) is 0 Å². The molecule has 0 aliphatic heterocycles. The number of nitrogens with two attached hydrogens (primary N) is 1. The van der Waals surface area contributed by atoms with E-state index in [0.29, 0.717) is 16.5 Å². The minimum Gasteiger partial charge on any atom is -0.493 e. The average molecular weight is 384 g/mol. The highest BCUT2D eigenvalue weighted by Crippen LogP contribution is 2.25. The molecule has 3 aromatic rings. The molecule has 0 unspecified atom stereocenters. The summed E-state index contributed by atoms with van der Waals surface area (Å²) in [5.41, 5.74) is 9.08. The van der Waals surface area contributed by atoms with Gasteiger partial charge in [-0.1, -0.05) is 12.1 Å². The minimum absolute atomic E-state index is 0.173. The number of carbonyl (C=O) groups is 2. The molecule has 140 valence electrons. The fourth-order valence-corrected chi connectivity index (χ4v) is 3.18. The van der Waals surface area contributed by atoms with Gasteiger partial charge in [0.2, 0.25) is 5.91 Å². The lowest BCUT2D eigenvalue weighted by molar-refractivity contribution is -0.116. The number of amides is 2. The van der Waals surface area contributed by atoms with Crippen LogP contribution in [0.1, 0.15) is 28.0 Å². The van der Waals surface area contributed by atoms with Crippen LogP contribution in [0.4, 0.5) is 5.13 Å². The van der Waals surface area contributed by atoms with Gasteiger partial charge in [0.15, 0.2) is 5.13 Å². The molecule has 0 saturated heterocycles. The number of aryl methyl sites for hydroxylation is 2. The van der Waals surface area contributed by atoms with E-state index in [2.05, 4.69) is 15.3 Å². The lowest BCUT2D eigenvalue weighted by atomic mass is 10.1. The maximum Gasteiger partial charge on any atom is 0.265 e. The van der Waals surface area contributed by atoms with E-state index in [4.69, 9.17) is 10.5 Å². The first-order chi connectivity index (χ1) is 12.9. The summed E-state index contributed by atoms with van der Waals surface area (Å²) in [6, 6.07) is 7.59. The van der Waals surface area contributed by atoms with E-state index in [-0.39, 0.29) is 18.9 Å². The molecule has 0 radical (unpaired) electrons. The summed E-state index contributed by atoms with van der Waals surface area (Å²) in [5, 5.41) is 5.05. The standard InChI is InChI=1S/C19H20N4O3S/c1-11-3-4-12(2)16(7-11)26-6-5-17(24)23-19-22-15(10-27-19)13-8-14(18(20)25)21-9-13/h3-4,7-10,21H,5-6H2,1-2H3,(H2,20,25)(H,22,23,24). The third kappa shape index (κ3) is 4.73. The van der Waals surface area contributed by atoms with Gasteiger partial charge < -0.3 is 20.8 Å². The lowest BCUT2D eigenvalue weighted by Crippen LogP contribution is -2.15. The van der Waals surface area contributed by atoms with Gasteiger partial charge in [-0.3, -0.25) is 9.59 Å². The molecule has 0 fully saturated rings. The molecule has 1 aromatic carbocycles. The Morgan fingerprint density at radius 3 is 2.85 bits per heavy atom. The van der Waals surface area contributed by atoms with E-state index in [1.165, 1.54) is 11.3 Å². The number of nitrogens with zero attached hydrogens (tertiary/aromatic N) is 1. The molecule has 2 aromatic heterocycles. The second-order valence-electron chi connectivity index (χ2n) is 6.12. The lowest BCUT2D eigenvalue weighted by Gasteiger charge is -2.09. The second-order valence-corrected chi connectivity index (χ2v) is 6.98. The van der Waals surface area contributed by atoms with E-state index in [1.54, 1.807) is 17.6 Å². The van der Waals surface area contributed by atoms with Crippen molar-refractivity contribution in [1.29, 1.82) is 0 Å². The van der Waals surface area contributed by atoms with Gasteiger partial charge in [0, 0.05) is 17.1 Å². The fraction of sp³-hybridized carbons (Fsp3) is 0.211. The first kappa shape index (κ1) is 18.7. The molecule has 2 heterocycles. The van der Waals surface area contributed by atoms with Crippen LogP contribution in [0, 0.1) is 13.8 Å². The molecule has 27 heavy (non-hydrogen) atoms. The van der Waals surface area contributed by atoms with E-state index in [0.717, 1.165) is 22.4 Å². The SMILES string of the molecule is Cc1ccc(C)c(OCCC(=O)Nc2nc(-c3c[nH]c(C(N)=O)c3)cs2)c1. The third-order valence-corrected chi connectivity index (χ3v) is 4.68. The Bertz CT molecular complexity index is 977. The number of ether oxygens (including phenoxy) is 1. The molecule has 0 spiro atoms. The van der Waals surface area contributed by atoms with Crippen molar-refractivity contribution in [3.05, 3.63) is 52.7 Å². The minimum atomic E-state index is -0.533. The predicted molar refractivity (Wildman–Crippen MR) is 105 cm³/mol. The number of rotatable bonds is 7. The highest BCUT2D eigenvalue weighted by Gasteiger charge is 2.11. The van der Waals surface area contributed by atoms with Crippen molar-refractivity contribution in [2.45, 2.75) is 20.3 Å². The van der Waals surface area contributed by atoms with E-state index < -0.39 is 5.91 Å². The summed E-state index contributed by atoms with van der Waals surface area (Å²) < 4.78 is 5.70. The van der Waals surface area contributed by atoms with Gasteiger partial charge in [-0.2, -0.15) is 0 Å². The fourth-order valence-electron chi connectivity index (χ4n) is 2.45. The highest BCUT2D eigenvalue weighted by molar-refractivity contribution is 7.14. The first-order valence-electron chi connectivity index (χ1n) is 8.36. The number of anilines is 1. The number of hydrogen-bond acceptors (Lipinski definition) is 5. The van der Waals surface area contributed by atoms with Crippen molar-refractivity contribution in [3.63, 3.8) is 0 Å². The Morgan fingerprint density at radius 1 is 1.30 bits per heavy atom. The Hall–Kier alpha value is -3.13. The van der Waals surface area contributed by atoms with Gasteiger partial charge in [0.1, 0.15) is 11.4 Å². The molecule has 0 aliphatic rings. The predicted octanol–water partition coefficient (Wildman–Crippen LogP) is 3.26. The molecule has 3 rings (SSSR count). The van der Waals surface area contributed by atoms with Crippen LogP contribution in [0.3, 0.4) is 0 Å². The summed E-state index contributed by atoms with van der Waals surface area (Å²) >= 11 is 1.31. The maximum atomic E-state index is 12.1. The molecule has 0 bridgehead atoms. The Kier molecular flexibility index (Phi) is 5.56. The Labute approximate surface area is 160 Å². The van der Waals surface area contributed by atoms with E-state index >= 15 is 0 Å². The summed E-state index contributed by atoms with van der Waals surface area (Å²) in [7, 11) is 0. The quantitative estimate of drug-likeness (QED) is 0.581. The molecule has 0 aliphatic carbocycles. The number of thiazole rings is 1. The zero-order valence-electron chi connectivity index (χ0n) is 15.0. The smallest absolute Gasteiger partial charge is 0.265 e. The second kappa shape index (κ2) is 8.05. The maximum absolute atomic E-state index is 12.1. The van der Waals surface area contributed by atoms with Gasteiger partial charge in [-0.05, 0) is 37.1 Å². The molecule has 0 saturated carbocycles. The normalized spacial score (nSPS) is 10.6. The number of aromatic nitrogens is 2. The number of nitrogens with one attached hydrogen (secondary N) is 2. The third-order valence-electron chi connectivity index (χ3n) is 3.93. The summed E-state index contributed by atoms with van der Waals surface area (Å²) in [6.07, 6.45) is 1.87. The van der Waals surface area contributed by atoms with Gasteiger partial charge in [-0.15, -0.1) is 11.3 Å². The van der Waals surface area contributed by atoms with Crippen LogP contribution < -0.4 is 15.8 Å². The first-order valence-corrected chi connectivity index (χ1v) is 9.24. The van der Waals surface area contributed by atoms with Crippen LogP contribution >= 0.6 is 11.3 Å². The Morgan fingerprint density at radius 2 is 2.11 bits per heavy atom. The number of primary amides is 1. The van der Waals surface area contributed by atoms with E-state index in [1.807, 2.05) is 32.0 Å². The number of benzene rings is 1. The molecule has 8 heteroatoms. The van der Waals surface area contributed by atoms with Gasteiger partial charge >= 0.3 is 0 Å². The highest BCUT2D eigenvalue weighted by atomic mass is 32.1. The Balaban J connectivity index is 1.53. The molecule has 2 amide bonds. The van der Waals surface area contributed by atoms with Crippen molar-refractivity contribution in [3.8, 4) is 17.0 Å². The zero-order chi connectivity index (χ0) is 19.4. The van der Waals surface area contributed by atoms with Crippen LogP contribution in [0.5, 0.6) is 5.75 Å². The largest absolute Gasteiger partial charge is 0.493 e. The van der Waals surface area contributed by atoms with Gasteiger partial charge in [0.05, 0.1) is 18.7 Å². The number of H-pyrrole nitrogens is 1. The summed E-state index contributed by atoms with van der Waals surface area (Å²) in [5.74, 6) is 0.0824. The van der Waals surface area contributed by atoms with Crippen molar-refractivity contribution < 1.29 is 14.3 Å². The summed E-state index contributed by atoms with van der Waals surface area (Å²) in [4.78, 5) is 30.4. The van der Waals surface area contributed by atoms with Crippen LogP contribution in [-0.2, 0) is 4.79 Å². The zero-order valence-corrected chi connectivity index (χ0v) is 15.9. The molecular formula is C19H20N4O3S. The summed E-state index contributed by atoms with van der Waals surface area (Å²) in [6.45, 7) is 4.25. The van der Waals surface area contributed by atoms with Crippen molar-refractivity contribution in [2.24, 2.45) is 5.73 Å². The van der Waals surface area contributed by atoms with Crippen molar-refractivity contribution in [2.75, 3.05) is 11.9 Å². The van der Waals surface area contributed by atoms with E-state index in [9.17, 15) is 9.59 Å². The van der Waals surface area contributed by atoms with Gasteiger partial charge in [-0.25, -0.2) is 4.98 Å². The van der Waals surface area contributed by atoms with Crippen LogP contribution in [-0.4, -0.2) is 28.4 Å². The molecule has 0 atom stereocenters. The molecular weight excluding hydrogens is 364 g/mol. The van der Waals surface area contributed by atoms with Crippen LogP contribution in [0.25, 0.3) is 11.3 Å². The number of carbonyl (C=O) groups excluding carboxylic acids is 2. The van der Waals surface area contributed by atoms with Crippen LogP contribution in [0.15, 0.2) is 35.8 Å². The van der Waals surface area contributed by atoms with Crippen molar-refractivity contribution in [1.82, 2.24) is 9.97 Å². The van der Waals surface area contributed by atoms with Crippen molar-refractivity contribution >= 4 is 28.3 Å². The number of hydrogen-bond donors (Lipinski definition) is 3. The topological polar surface area (TPSA) is 110 Å². The molecule has 7 nitrogen and oxygen atoms in total.